The van der Waals surface area contributed by atoms with Crippen LogP contribution in [0, 0.1) is 0 Å². The second-order valence-electron chi connectivity index (χ2n) is 3.35. The molecule has 0 bridgehead atoms. The van der Waals surface area contributed by atoms with Gasteiger partial charge >= 0.3 is 11.9 Å². The highest BCUT2D eigenvalue weighted by molar-refractivity contribution is 5.86. The highest BCUT2D eigenvalue weighted by Gasteiger charge is 2.01. The van der Waals surface area contributed by atoms with Crippen molar-refractivity contribution in [1.82, 2.24) is 0 Å². The Morgan fingerprint density at radius 1 is 1.18 bits per heavy atom. The lowest BCUT2D eigenvalue weighted by Gasteiger charge is -2.06. The average molecular weight is 246 g/mol. The highest BCUT2D eigenvalue weighted by Crippen LogP contribution is 1.93. The lowest BCUT2D eigenvalue weighted by molar-refractivity contribution is -0.142. The van der Waals surface area contributed by atoms with Crippen molar-refractivity contribution in [2.45, 2.75) is 19.8 Å². The minimum absolute atomic E-state index is 0.0598. The fourth-order valence-electron chi connectivity index (χ4n) is 0.819. The Morgan fingerprint density at radius 3 is 2.41 bits per heavy atom. The van der Waals surface area contributed by atoms with Crippen LogP contribution in [0.15, 0.2) is 12.2 Å². The third-order valence-corrected chi connectivity index (χ3v) is 1.66. The molecule has 6 nitrogen and oxygen atoms in total. The van der Waals surface area contributed by atoms with Crippen LogP contribution < -0.4 is 0 Å². The minimum atomic E-state index is -0.846. The van der Waals surface area contributed by atoms with E-state index in [1.54, 1.807) is 6.92 Å². The summed E-state index contributed by atoms with van der Waals surface area (Å²) >= 11 is 0. The molecule has 0 rings (SSSR count). The molecule has 0 spiro atoms. The topological polar surface area (TPSA) is 82.1 Å². The normalized spacial score (nSPS) is 9.94. The SMILES string of the molecule is C=C(C)C(=O)OCCOCOCCCC(=O)O. The molecule has 1 N–H and O–H groups in total. The molecule has 0 saturated heterocycles. The van der Waals surface area contributed by atoms with E-state index in [4.69, 9.17) is 19.3 Å². The second kappa shape index (κ2) is 9.80. The van der Waals surface area contributed by atoms with Crippen LogP contribution in [-0.2, 0) is 23.8 Å². The third-order valence-electron chi connectivity index (χ3n) is 1.66. The summed E-state index contributed by atoms with van der Waals surface area (Å²) in [5.74, 6) is -1.29. The van der Waals surface area contributed by atoms with Crippen LogP contribution in [-0.4, -0.2) is 43.7 Å². The van der Waals surface area contributed by atoms with E-state index in [1.807, 2.05) is 0 Å². The molecule has 0 aromatic heterocycles. The number of hydrogen-bond donors (Lipinski definition) is 1. The maximum Gasteiger partial charge on any atom is 0.333 e. The molecule has 0 radical (unpaired) electrons. The van der Waals surface area contributed by atoms with Gasteiger partial charge in [0.25, 0.3) is 0 Å². The third kappa shape index (κ3) is 10.9. The minimum Gasteiger partial charge on any atom is -0.481 e. The molecule has 17 heavy (non-hydrogen) atoms. The molecule has 98 valence electrons. The first-order chi connectivity index (χ1) is 8.04. The van der Waals surface area contributed by atoms with Crippen LogP contribution in [0.5, 0.6) is 0 Å². The summed E-state index contributed by atoms with van der Waals surface area (Å²) in [6.45, 7) is 5.76. The summed E-state index contributed by atoms with van der Waals surface area (Å²) in [6.07, 6.45) is 0.527. The zero-order valence-electron chi connectivity index (χ0n) is 9.94. The first-order valence-corrected chi connectivity index (χ1v) is 5.24. The maximum atomic E-state index is 10.9. The van der Waals surface area contributed by atoms with E-state index in [2.05, 4.69) is 6.58 Å². The van der Waals surface area contributed by atoms with E-state index in [0.29, 0.717) is 18.6 Å². The fraction of sp³-hybridized carbons (Fsp3) is 0.636. The van der Waals surface area contributed by atoms with Gasteiger partial charge in [0.1, 0.15) is 13.4 Å². The van der Waals surface area contributed by atoms with Crippen molar-refractivity contribution >= 4 is 11.9 Å². The van der Waals surface area contributed by atoms with Crippen LogP contribution in [0.3, 0.4) is 0 Å². The van der Waals surface area contributed by atoms with E-state index < -0.39 is 11.9 Å². The summed E-state index contributed by atoms with van der Waals surface area (Å²) in [7, 11) is 0. The van der Waals surface area contributed by atoms with Gasteiger partial charge in [0.2, 0.25) is 0 Å². The molecule has 0 amide bonds. The number of carbonyl (C=O) groups is 2. The van der Waals surface area contributed by atoms with Crippen molar-refractivity contribution in [1.29, 1.82) is 0 Å². The Kier molecular flexibility index (Phi) is 8.99. The molecule has 0 aliphatic rings. The monoisotopic (exact) mass is 246 g/mol. The zero-order valence-corrected chi connectivity index (χ0v) is 9.94. The summed E-state index contributed by atoms with van der Waals surface area (Å²) in [5.41, 5.74) is 0.343. The van der Waals surface area contributed by atoms with Gasteiger partial charge in [0.05, 0.1) is 6.61 Å². The van der Waals surface area contributed by atoms with Gasteiger partial charge in [0, 0.05) is 18.6 Å². The molecular formula is C11H18O6. The van der Waals surface area contributed by atoms with E-state index in [9.17, 15) is 9.59 Å². The molecule has 0 fully saturated rings. The molecule has 0 unspecified atom stereocenters. The first kappa shape index (κ1) is 15.6. The molecule has 0 aliphatic carbocycles. The quantitative estimate of drug-likeness (QED) is 0.267. The largest absolute Gasteiger partial charge is 0.481 e. The second-order valence-corrected chi connectivity index (χ2v) is 3.35. The van der Waals surface area contributed by atoms with Gasteiger partial charge in [0.15, 0.2) is 0 Å². The maximum absolute atomic E-state index is 10.9. The van der Waals surface area contributed by atoms with Crippen molar-refractivity contribution in [3.8, 4) is 0 Å². The van der Waals surface area contributed by atoms with Crippen molar-refractivity contribution < 1.29 is 28.9 Å². The number of carboxylic acids is 1. The molecule has 0 aromatic rings. The smallest absolute Gasteiger partial charge is 0.333 e. The van der Waals surface area contributed by atoms with Gasteiger partial charge in [-0.05, 0) is 13.3 Å². The number of carboxylic acid groups (broad SMARTS) is 1. The van der Waals surface area contributed by atoms with Crippen molar-refractivity contribution in [3.05, 3.63) is 12.2 Å². The average Bonchev–Trinajstić information content (AvgIpc) is 2.25. The van der Waals surface area contributed by atoms with Crippen molar-refractivity contribution in [2.24, 2.45) is 0 Å². The predicted molar refractivity (Wildman–Crippen MR) is 59.4 cm³/mol. The number of ether oxygens (including phenoxy) is 3. The highest BCUT2D eigenvalue weighted by atomic mass is 16.7. The van der Waals surface area contributed by atoms with Crippen molar-refractivity contribution in [2.75, 3.05) is 26.6 Å². The zero-order chi connectivity index (χ0) is 13.1. The van der Waals surface area contributed by atoms with E-state index >= 15 is 0 Å². The predicted octanol–water partition coefficient (Wildman–Crippen LogP) is 0.961. The van der Waals surface area contributed by atoms with Gasteiger partial charge in [-0.3, -0.25) is 4.79 Å². The molecular weight excluding hydrogens is 228 g/mol. The Balaban J connectivity index is 3.16. The van der Waals surface area contributed by atoms with Crippen LogP contribution in [0.2, 0.25) is 0 Å². The van der Waals surface area contributed by atoms with Gasteiger partial charge in [-0.1, -0.05) is 6.58 Å². The number of carbonyl (C=O) groups excluding carboxylic acids is 1. The lowest BCUT2D eigenvalue weighted by atomic mass is 10.3. The van der Waals surface area contributed by atoms with E-state index in [0.717, 1.165) is 0 Å². The van der Waals surface area contributed by atoms with Crippen LogP contribution in [0.4, 0.5) is 0 Å². The lowest BCUT2D eigenvalue weighted by Crippen LogP contribution is -2.12. The standard InChI is InChI=1S/C11H18O6/c1-9(2)11(14)17-7-6-16-8-15-5-3-4-10(12)13/h1,3-8H2,2H3,(H,12,13). The molecule has 6 heteroatoms. The Morgan fingerprint density at radius 2 is 1.82 bits per heavy atom. The van der Waals surface area contributed by atoms with Gasteiger partial charge in [-0.25, -0.2) is 4.79 Å². The number of aliphatic carboxylic acids is 1. The number of esters is 1. The van der Waals surface area contributed by atoms with Gasteiger partial charge in [-0.2, -0.15) is 0 Å². The van der Waals surface area contributed by atoms with Gasteiger partial charge < -0.3 is 19.3 Å². The Hall–Kier alpha value is -1.40. The first-order valence-electron chi connectivity index (χ1n) is 5.24. The van der Waals surface area contributed by atoms with Crippen LogP contribution in [0.1, 0.15) is 19.8 Å². The summed E-state index contributed by atoms with van der Waals surface area (Å²) in [4.78, 5) is 21.1. The van der Waals surface area contributed by atoms with Crippen molar-refractivity contribution in [3.63, 3.8) is 0 Å². The van der Waals surface area contributed by atoms with Crippen LogP contribution >= 0.6 is 0 Å². The van der Waals surface area contributed by atoms with E-state index in [-0.39, 0.29) is 26.4 Å². The van der Waals surface area contributed by atoms with Crippen LogP contribution in [0.25, 0.3) is 0 Å². The van der Waals surface area contributed by atoms with Gasteiger partial charge in [-0.15, -0.1) is 0 Å². The summed E-state index contributed by atoms with van der Waals surface area (Å²) in [6, 6.07) is 0. The molecule has 0 atom stereocenters. The molecule has 0 saturated carbocycles. The number of hydrogen-bond acceptors (Lipinski definition) is 5. The number of rotatable bonds is 10. The fourth-order valence-corrected chi connectivity index (χ4v) is 0.819. The Bertz CT molecular complexity index is 261. The Labute approximate surface area is 100 Å². The summed E-state index contributed by atoms with van der Waals surface area (Å²) < 4.78 is 14.8. The summed E-state index contributed by atoms with van der Waals surface area (Å²) in [5, 5.41) is 8.34. The molecule has 0 aromatic carbocycles. The molecule has 0 heterocycles. The molecule has 0 aliphatic heterocycles. The van der Waals surface area contributed by atoms with E-state index in [1.165, 1.54) is 0 Å².